The van der Waals surface area contributed by atoms with Crippen LogP contribution in [-0.4, -0.2) is 36.5 Å². The first-order valence-electron chi connectivity index (χ1n) is 6.52. The van der Waals surface area contributed by atoms with E-state index in [4.69, 9.17) is 0 Å². The van der Waals surface area contributed by atoms with Gasteiger partial charge in [-0.15, -0.1) is 0 Å². The molecule has 1 atom stereocenters. The first-order valence-corrected chi connectivity index (χ1v) is 6.52. The second kappa shape index (κ2) is 4.69. The van der Waals surface area contributed by atoms with Crippen LogP contribution in [0.1, 0.15) is 23.2 Å². The van der Waals surface area contributed by atoms with Crippen LogP contribution < -0.4 is 5.32 Å². The van der Waals surface area contributed by atoms with Gasteiger partial charge in [-0.2, -0.15) is 0 Å². The summed E-state index contributed by atoms with van der Waals surface area (Å²) in [6, 6.07) is 6.33. The number of fused-ring (bicyclic) bond motifs is 3. The summed E-state index contributed by atoms with van der Waals surface area (Å²) < 4.78 is 13.5. The number of carbonyl (C=O) groups excluding carboxylic acids is 1. The van der Waals surface area contributed by atoms with E-state index in [0.29, 0.717) is 5.92 Å². The lowest BCUT2D eigenvalue weighted by molar-refractivity contribution is 0.0618. The number of nitrogens with one attached hydrogen (secondary N) is 1. The maximum atomic E-state index is 13.5. The van der Waals surface area contributed by atoms with Gasteiger partial charge in [-0.05, 0) is 44.0 Å². The average molecular weight is 248 g/mol. The molecule has 3 saturated heterocycles. The van der Waals surface area contributed by atoms with Crippen molar-refractivity contribution >= 4 is 5.91 Å². The maximum Gasteiger partial charge on any atom is 0.254 e. The second-order valence-corrected chi connectivity index (χ2v) is 5.20. The molecule has 3 heterocycles. The predicted molar refractivity (Wildman–Crippen MR) is 66.8 cm³/mol. The topological polar surface area (TPSA) is 32.3 Å². The fraction of sp³-hybridized carbons (Fsp3) is 0.500. The molecule has 3 nitrogen and oxygen atoms in total. The summed E-state index contributed by atoms with van der Waals surface area (Å²) in [4.78, 5) is 14.4. The largest absolute Gasteiger partial charge is 0.348 e. The van der Waals surface area contributed by atoms with E-state index in [1.54, 1.807) is 12.1 Å². The zero-order chi connectivity index (χ0) is 12.5. The molecule has 2 bridgehead atoms. The number of nitrogens with zero attached hydrogens (tertiary/aromatic N) is 1. The van der Waals surface area contributed by atoms with Gasteiger partial charge in [0.25, 0.3) is 5.91 Å². The molecule has 4 rings (SSSR count). The van der Waals surface area contributed by atoms with Gasteiger partial charge in [-0.25, -0.2) is 4.39 Å². The Morgan fingerprint density at radius 3 is 2.61 bits per heavy atom. The molecule has 0 saturated carbocycles. The van der Waals surface area contributed by atoms with E-state index in [-0.39, 0.29) is 17.5 Å². The zero-order valence-corrected chi connectivity index (χ0v) is 10.2. The summed E-state index contributed by atoms with van der Waals surface area (Å²) in [5.74, 6) is -0.172. The molecular formula is C14H17FN2O. The van der Waals surface area contributed by atoms with Crippen molar-refractivity contribution in [3.05, 3.63) is 35.6 Å². The van der Waals surface area contributed by atoms with Crippen LogP contribution in [0.3, 0.4) is 0 Å². The lowest BCUT2D eigenvalue weighted by Crippen LogP contribution is -2.57. The number of amides is 1. The van der Waals surface area contributed by atoms with Gasteiger partial charge in [0.2, 0.25) is 0 Å². The van der Waals surface area contributed by atoms with Crippen LogP contribution in [0.5, 0.6) is 0 Å². The standard InChI is InChI=1S/C14H17FN2O/c15-12-4-2-1-3-11(12)14(18)16-13-9-17-7-5-10(13)6-8-17/h1-4,10,13H,5-9H2,(H,16,18)/t13-/m0/s1. The summed E-state index contributed by atoms with van der Waals surface area (Å²) in [6.45, 7) is 3.18. The van der Waals surface area contributed by atoms with Crippen molar-refractivity contribution in [2.24, 2.45) is 5.92 Å². The summed E-state index contributed by atoms with van der Waals surface area (Å²) in [7, 11) is 0. The Morgan fingerprint density at radius 1 is 1.28 bits per heavy atom. The molecule has 0 aromatic heterocycles. The van der Waals surface area contributed by atoms with Crippen LogP contribution in [0.25, 0.3) is 0 Å². The molecule has 0 radical (unpaired) electrons. The molecule has 1 N–H and O–H groups in total. The van der Waals surface area contributed by atoms with Gasteiger partial charge < -0.3 is 10.2 Å². The van der Waals surface area contributed by atoms with Gasteiger partial charge in [0, 0.05) is 12.6 Å². The third kappa shape index (κ3) is 2.12. The van der Waals surface area contributed by atoms with Crippen molar-refractivity contribution in [3.8, 4) is 0 Å². The summed E-state index contributed by atoms with van der Waals surface area (Å²) in [5.41, 5.74) is 0.147. The highest BCUT2D eigenvalue weighted by atomic mass is 19.1. The Bertz CT molecular complexity index is 455. The van der Waals surface area contributed by atoms with Gasteiger partial charge in [-0.1, -0.05) is 12.1 Å². The molecule has 18 heavy (non-hydrogen) atoms. The van der Waals surface area contributed by atoms with E-state index < -0.39 is 5.82 Å². The van der Waals surface area contributed by atoms with Gasteiger partial charge in [0.1, 0.15) is 5.82 Å². The molecular weight excluding hydrogens is 231 g/mol. The Kier molecular flexibility index (Phi) is 3.04. The van der Waals surface area contributed by atoms with Crippen LogP contribution in [0.15, 0.2) is 24.3 Å². The molecule has 0 spiro atoms. The summed E-state index contributed by atoms with van der Waals surface area (Å²) in [6.07, 6.45) is 2.28. The lowest BCUT2D eigenvalue weighted by Gasteiger charge is -2.44. The van der Waals surface area contributed by atoms with Crippen molar-refractivity contribution in [1.82, 2.24) is 10.2 Å². The van der Waals surface area contributed by atoms with Crippen LogP contribution in [0.4, 0.5) is 4.39 Å². The van der Waals surface area contributed by atoms with E-state index in [1.165, 1.54) is 12.1 Å². The minimum absolute atomic E-state index is 0.147. The third-order valence-corrected chi connectivity index (χ3v) is 4.09. The molecule has 4 heteroatoms. The number of carbonyl (C=O) groups is 1. The number of piperidine rings is 3. The zero-order valence-electron chi connectivity index (χ0n) is 10.2. The quantitative estimate of drug-likeness (QED) is 0.863. The fourth-order valence-corrected chi connectivity index (χ4v) is 3.02. The number of benzene rings is 1. The van der Waals surface area contributed by atoms with Gasteiger partial charge in [-0.3, -0.25) is 4.79 Å². The number of rotatable bonds is 2. The SMILES string of the molecule is O=C(N[C@H]1CN2CCC1CC2)c1ccccc1F. The number of hydrogen-bond donors (Lipinski definition) is 1. The lowest BCUT2D eigenvalue weighted by atomic mass is 9.84. The van der Waals surface area contributed by atoms with Gasteiger partial charge >= 0.3 is 0 Å². The van der Waals surface area contributed by atoms with Crippen LogP contribution in [0.2, 0.25) is 0 Å². The Balaban J connectivity index is 1.70. The Labute approximate surface area is 106 Å². The predicted octanol–water partition coefficient (Wildman–Crippen LogP) is 1.65. The highest BCUT2D eigenvalue weighted by molar-refractivity contribution is 5.94. The smallest absolute Gasteiger partial charge is 0.254 e. The van der Waals surface area contributed by atoms with Crippen molar-refractivity contribution in [1.29, 1.82) is 0 Å². The number of halogens is 1. The second-order valence-electron chi connectivity index (χ2n) is 5.20. The molecule has 96 valence electrons. The van der Waals surface area contributed by atoms with Crippen LogP contribution in [0, 0.1) is 11.7 Å². The molecule has 1 aromatic carbocycles. The minimum atomic E-state index is -0.448. The Morgan fingerprint density at radius 2 is 2.00 bits per heavy atom. The first-order chi connectivity index (χ1) is 8.74. The van der Waals surface area contributed by atoms with Gasteiger partial charge in [0.05, 0.1) is 5.56 Å². The van der Waals surface area contributed by atoms with Crippen LogP contribution >= 0.6 is 0 Å². The minimum Gasteiger partial charge on any atom is -0.348 e. The molecule has 1 amide bonds. The van der Waals surface area contributed by atoms with E-state index >= 15 is 0 Å². The summed E-state index contributed by atoms with van der Waals surface area (Å²) in [5, 5.41) is 2.99. The average Bonchev–Trinajstić information content (AvgIpc) is 2.40. The van der Waals surface area contributed by atoms with E-state index in [1.807, 2.05) is 0 Å². The highest BCUT2D eigenvalue weighted by Gasteiger charge is 2.35. The molecule has 3 aliphatic heterocycles. The van der Waals surface area contributed by atoms with Crippen molar-refractivity contribution in [2.45, 2.75) is 18.9 Å². The third-order valence-electron chi connectivity index (χ3n) is 4.09. The summed E-state index contributed by atoms with van der Waals surface area (Å²) >= 11 is 0. The molecule has 0 aliphatic carbocycles. The maximum absolute atomic E-state index is 13.5. The molecule has 3 aliphatic rings. The van der Waals surface area contributed by atoms with E-state index in [2.05, 4.69) is 10.2 Å². The van der Waals surface area contributed by atoms with Crippen LogP contribution in [-0.2, 0) is 0 Å². The Hall–Kier alpha value is -1.42. The highest BCUT2D eigenvalue weighted by Crippen LogP contribution is 2.27. The molecule has 0 unspecified atom stereocenters. The van der Waals surface area contributed by atoms with Crippen molar-refractivity contribution in [2.75, 3.05) is 19.6 Å². The van der Waals surface area contributed by atoms with E-state index in [9.17, 15) is 9.18 Å². The normalized spacial score (nSPS) is 30.2. The number of hydrogen-bond acceptors (Lipinski definition) is 2. The first kappa shape index (κ1) is 11.7. The molecule has 3 fully saturated rings. The van der Waals surface area contributed by atoms with Crippen molar-refractivity contribution in [3.63, 3.8) is 0 Å². The monoisotopic (exact) mass is 248 g/mol. The van der Waals surface area contributed by atoms with Gasteiger partial charge in [0.15, 0.2) is 0 Å². The fourth-order valence-electron chi connectivity index (χ4n) is 3.02. The van der Waals surface area contributed by atoms with Crippen molar-refractivity contribution < 1.29 is 9.18 Å². The van der Waals surface area contributed by atoms with E-state index in [0.717, 1.165) is 32.5 Å². The molecule has 1 aromatic rings.